The van der Waals surface area contributed by atoms with E-state index in [1.807, 2.05) is 30.3 Å². The van der Waals surface area contributed by atoms with E-state index in [2.05, 4.69) is 9.72 Å². The van der Waals surface area contributed by atoms with Crippen LogP contribution in [0.2, 0.25) is 0 Å². The molecule has 98 valence electrons. The Kier molecular flexibility index (Phi) is 3.51. The van der Waals surface area contributed by atoms with Crippen molar-refractivity contribution < 1.29 is 9.53 Å². The second-order valence-corrected chi connectivity index (χ2v) is 3.80. The number of carbonyl (C=O) groups is 1. The Bertz CT molecular complexity index is 617. The van der Waals surface area contributed by atoms with Gasteiger partial charge in [0.15, 0.2) is 0 Å². The summed E-state index contributed by atoms with van der Waals surface area (Å²) in [5, 5.41) is 0. The van der Waals surface area contributed by atoms with Crippen LogP contribution in [0, 0.1) is 0 Å². The molecule has 2 rings (SSSR count). The Morgan fingerprint density at radius 1 is 1.37 bits per heavy atom. The Hall–Kier alpha value is -2.76. The molecule has 0 radical (unpaired) electrons. The van der Waals surface area contributed by atoms with E-state index in [9.17, 15) is 4.79 Å². The number of hydrogen-bond donors (Lipinski definition) is 2. The first-order valence-corrected chi connectivity index (χ1v) is 5.58. The van der Waals surface area contributed by atoms with Gasteiger partial charge < -0.3 is 16.3 Å². The molecule has 0 atom stereocenters. The van der Waals surface area contributed by atoms with E-state index in [-0.39, 0.29) is 5.95 Å². The van der Waals surface area contributed by atoms with Gasteiger partial charge in [0.05, 0.1) is 18.5 Å². The van der Waals surface area contributed by atoms with Gasteiger partial charge in [0.2, 0.25) is 5.95 Å². The number of nitrogens with zero attached hydrogens (tertiary/aromatic N) is 2. The van der Waals surface area contributed by atoms with Crippen molar-refractivity contribution in [2.24, 2.45) is 0 Å². The third-order valence-electron chi connectivity index (χ3n) is 2.60. The molecule has 0 unspecified atom stereocenters. The van der Waals surface area contributed by atoms with Crippen LogP contribution in [0.25, 0.3) is 17.3 Å². The second kappa shape index (κ2) is 5.26. The van der Waals surface area contributed by atoms with Crippen LogP contribution < -0.4 is 11.6 Å². The summed E-state index contributed by atoms with van der Waals surface area (Å²) in [4.78, 5) is 15.3. The van der Waals surface area contributed by atoms with Crippen molar-refractivity contribution in [2.45, 2.75) is 0 Å². The van der Waals surface area contributed by atoms with Crippen molar-refractivity contribution in [2.75, 3.05) is 18.7 Å². The lowest BCUT2D eigenvalue weighted by molar-refractivity contribution is -0.134. The lowest BCUT2D eigenvalue weighted by Crippen LogP contribution is -2.13. The molecule has 0 fully saturated rings. The molecule has 1 heterocycles. The zero-order valence-electron chi connectivity index (χ0n) is 10.4. The molecule has 0 spiro atoms. The topological polar surface area (TPSA) is 96.2 Å². The van der Waals surface area contributed by atoms with E-state index in [0.29, 0.717) is 11.4 Å². The molecule has 2 aromatic rings. The number of rotatable bonds is 3. The molecule has 0 saturated heterocycles. The van der Waals surface area contributed by atoms with E-state index in [4.69, 9.17) is 11.6 Å². The molecule has 19 heavy (non-hydrogen) atoms. The van der Waals surface area contributed by atoms with E-state index in [1.165, 1.54) is 23.9 Å². The lowest BCUT2D eigenvalue weighted by atomic mass is 10.1. The first kappa shape index (κ1) is 12.7. The highest BCUT2D eigenvalue weighted by Gasteiger charge is 2.13. The highest BCUT2D eigenvalue weighted by Crippen LogP contribution is 2.24. The number of imidazole rings is 1. The Morgan fingerprint density at radius 2 is 2.05 bits per heavy atom. The smallest absolute Gasteiger partial charge is 0.330 e. The van der Waals surface area contributed by atoms with Crippen molar-refractivity contribution >= 4 is 18.0 Å². The summed E-state index contributed by atoms with van der Waals surface area (Å²) in [7, 11) is 1.30. The van der Waals surface area contributed by atoms with Crippen LogP contribution in [0.15, 0.2) is 36.4 Å². The van der Waals surface area contributed by atoms with Gasteiger partial charge in [0, 0.05) is 11.6 Å². The van der Waals surface area contributed by atoms with Crippen LogP contribution >= 0.6 is 0 Å². The third kappa shape index (κ3) is 2.57. The zero-order valence-corrected chi connectivity index (χ0v) is 10.4. The summed E-state index contributed by atoms with van der Waals surface area (Å²) in [5.74, 6) is 5.49. The SMILES string of the molecule is COC(=O)/C=C/c1c(-c2ccccc2)nc(N)n1N. The van der Waals surface area contributed by atoms with Gasteiger partial charge >= 0.3 is 5.97 Å². The molecule has 6 nitrogen and oxygen atoms in total. The Labute approximate surface area is 110 Å². The number of carbonyl (C=O) groups excluding carboxylic acids is 1. The molecule has 4 N–H and O–H groups in total. The van der Waals surface area contributed by atoms with Crippen molar-refractivity contribution in [1.29, 1.82) is 0 Å². The summed E-state index contributed by atoms with van der Waals surface area (Å²) in [6.45, 7) is 0. The maximum Gasteiger partial charge on any atom is 0.330 e. The molecule has 0 saturated carbocycles. The summed E-state index contributed by atoms with van der Waals surface area (Å²) >= 11 is 0. The number of esters is 1. The minimum absolute atomic E-state index is 0.170. The number of anilines is 1. The fraction of sp³-hybridized carbons (Fsp3) is 0.0769. The van der Waals surface area contributed by atoms with Crippen LogP contribution in [-0.4, -0.2) is 22.7 Å². The van der Waals surface area contributed by atoms with Gasteiger partial charge in [-0.2, -0.15) is 0 Å². The standard InChI is InChI=1S/C13H14N4O2/c1-19-11(18)8-7-10-12(16-13(14)17(10)15)9-5-3-2-4-6-9/h2-8H,15H2,1H3,(H2,14,16)/b8-7+. The number of methoxy groups -OCH3 is 1. The normalized spacial score (nSPS) is 10.8. The summed E-state index contributed by atoms with van der Waals surface area (Å²) in [5.41, 5.74) is 7.71. The molecule has 6 heteroatoms. The zero-order chi connectivity index (χ0) is 13.8. The fourth-order valence-corrected chi connectivity index (χ4v) is 1.65. The summed E-state index contributed by atoms with van der Waals surface area (Å²) in [6, 6.07) is 9.44. The molecule has 0 aliphatic heterocycles. The van der Waals surface area contributed by atoms with Crippen LogP contribution in [0.5, 0.6) is 0 Å². The first-order valence-electron chi connectivity index (χ1n) is 5.58. The highest BCUT2D eigenvalue weighted by atomic mass is 16.5. The molecular formula is C13H14N4O2. The first-order chi connectivity index (χ1) is 9.13. The van der Waals surface area contributed by atoms with Crippen LogP contribution in [0.3, 0.4) is 0 Å². The monoisotopic (exact) mass is 258 g/mol. The van der Waals surface area contributed by atoms with Gasteiger partial charge in [0.1, 0.15) is 0 Å². The van der Waals surface area contributed by atoms with Crippen molar-refractivity contribution in [3.05, 3.63) is 42.1 Å². The van der Waals surface area contributed by atoms with Gasteiger partial charge in [-0.15, -0.1) is 0 Å². The fourth-order valence-electron chi connectivity index (χ4n) is 1.65. The summed E-state index contributed by atoms with van der Waals surface area (Å²) in [6.07, 6.45) is 2.80. The maximum atomic E-state index is 11.1. The van der Waals surface area contributed by atoms with Gasteiger partial charge in [-0.05, 0) is 6.08 Å². The van der Waals surface area contributed by atoms with Gasteiger partial charge in [-0.1, -0.05) is 30.3 Å². The van der Waals surface area contributed by atoms with E-state index in [0.717, 1.165) is 5.56 Å². The lowest BCUT2D eigenvalue weighted by Gasteiger charge is -2.01. The predicted octanol–water partition coefficient (Wildman–Crippen LogP) is 1.03. The number of ether oxygens (including phenoxy) is 1. The third-order valence-corrected chi connectivity index (χ3v) is 2.60. The van der Waals surface area contributed by atoms with Crippen LogP contribution in [0.1, 0.15) is 5.69 Å². The maximum absolute atomic E-state index is 11.1. The molecule has 0 amide bonds. The average molecular weight is 258 g/mol. The van der Waals surface area contributed by atoms with Crippen molar-refractivity contribution in [3.63, 3.8) is 0 Å². The van der Waals surface area contributed by atoms with Crippen molar-refractivity contribution in [1.82, 2.24) is 9.66 Å². The number of hydrogen-bond acceptors (Lipinski definition) is 5. The van der Waals surface area contributed by atoms with Crippen LogP contribution in [-0.2, 0) is 9.53 Å². The average Bonchev–Trinajstić information content (AvgIpc) is 2.73. The van der Waals surface area contributed by atoms with Crippen LogP contribution in [0.4, 0.5) is 5.95 Å². The van der Waals surface area contributed by atoms with Crippen molar-refractivity contribution in [3.8, 4) is 11.3 Å². The van der Waals surface area contributed by atoms with E-state index >= 15 is 0 Å². The Morgan fingerprint density at radius 3 is 2.68 bits per heavy atom. The molecule has 0 aliphatic carbocycles. The Balaban J connectivity index is 2.48. The highest BCUT2D eigenvalue weighted by molar-refractivity contribution is 5.88. The number of benzene rings is 1. The number of nitrogen functional groups attached to an aromatic ring is 2. The predicted molar refractivity (Wildman–Crippen MR) is 73.3 cm³/mol. The molecule has 1 aromatic carbocycles. The van der Waals surface area contributed by atoms with Gasteiger partial charge in [-0.25, -0.2) is 14.5 Å². The molecule has 0 aliphatic rings. The van der Waals surface area contributed by atoms with Gasteiger partial charge in [-0.3, -0.25) is 0 Å². The molecule has 0 bridgehead atoms. The second-order valence-electron chi connectivity index (χ2n) is 3.80. The quantitative estimate of drug-likeness (QED) is 0.487. The minimum Gasteiger partial charge on any atom is -0.466 e. The molecular weight excluding hydrogens is 244 g/mol. The van der Waals surface area contributed by atoms with Gasteiger partial charge in [0.25, 0.3) is 0 Å². The largest absolute Gasteiger partial charge is 0.466 e. The molecule has 1 aromatic heterocycles. The van der Waals surface area contributed by atoms with E-state index in [1.54, 1.807) is 0 Å². The summed E-state index contributed by atoms with van der Waals surface area (Å²) < 4.78 is 5.76. The minimum atomic E-state index is -0.473. The number of aromatic nitrogens is 2. The number of nitrogens with two attached hydrogens (primary N) is 2. The van der Waals surface area contributed by atoms with E-state index < -0.39 is 5.97 Å².